The van der Waals surface area contributed by atoms with E-state index in [4.69, 9.17) is 16.3 Å². The molecule has 0 unspecified atom stereocenters. The molecule has 0 saturated heterocycles. The molecular formula is C20H21ClFNO3. The summed E-state index contributed by atoms with van der Waals surface area (Å²) in [4.78, 5) is 24.1. The van der Waals surface area contributed by atoms with Crippen LogP contribution in [0.4, 0.5) is 4.39 Å². The van der Waals surface area contributed by atoms with Crippen molar-refractivity contribution in [1.29, 1.82) is 0 Å². The van der Waals surface area contributed by atoms with Gasteiger partial charge in [0.25, 0.3) is 0 Å². The monoisotopic (exact) mass is 377 g/mol. The SMILES string of the molecule is CCOC(=O)C[C@H](C)NCc1ccc(Cl)c(C(=O)c2ccccc2)c1F. The molecule has 0 aromatic heterocycles. The molecule has 26 heavy (non-hydrogen) atoms. The number of halogens is 2. The van der Waals surface area contributed by atoms with Crippen LogP contribution in [0.2, 0.25) is 5.02 Å². The van der Waals surface area contributed by atoms with Crippen LogP contribution in [-0.4, -0.2) is 24.4 Å². The van der Waals surface area contributed by atoms with Gasteiger partial charge < -0.3 is 10.1 Å². The Bertz CT molecular complexity index is 780. The van der Waals surface area contributed by atoms with Crippen LogP contribution >= 0.6 is 11.6 Å². The van der Waals surface area contributed by atoms with Gasteiger partial charge in [0.1, 0.15) is 5.82 Å². The van der Waals surface area contributed by atoms with Gasteiger partial charge in [0.05, 0.1) is 23.6 Å². The molecule has 0 heterocycles. The number of hydrogen-bond acceptors (Lipinski definition) is 4. The van der Waals surface area contributed by atoms with Crippen LogP contribution in [0.3, 0.4) is 0 Å². The van der Waals surface area contributed by atoms with Gasteiger partial charge in [-0.1, -0.05) is 48.0 Å². The molecular weight excluding hydrogens is 357 g/mol. The molecule has 0 fully saturated rings. The molecule has 4 nitrogen and oxygen atoms in total. The molecule has 2 rings (SSSR count). The number of carbonyl (C=O) groups excluding carboxylic acids is 2. The van der Waals surface area contributed by atoms with E-state index in [1.54, 1.807) is 44.2 Å². The Kier molecular flexibility index (Phi) is 7.30. The third-order valence-corrected chi connectivity index (χ3v) is 4.17. The summed E-state index contributed by atoms with van der Waals surface area (Å²) in [5.41, 5.74) is 0.536. The normalized spacial score (nSPS) is 11.8. The third-order valence-electron chi connectivity index (χ3n) is 3.85. The van der Waals surface area contributed by atoms with E-state index in [9.17, 15) is 14.0 Å². The van der Waals surface area contributed by atoms with E-state index < -0.39 is 11.6 Å². The lowest BCUT2D eigenvalue weighted by Crippen LogP contribution is -2.29. The zero-order valence-electron chi connectivity index (χ0n) is 14.7. The van der Waals surface area contributed by atoms with Crippen molar-refractivity contribution in [1.82, 2.24) is 5.32 Å². The molecule has 2 aromatic carbocycles. The van der Waals surface area contributed by atoms with Gasteiger partial charge in [-0.3, -0.25) is 9.59 Å². The first-order valence-electron chi connectivity index (χ1n) is 8.39. The Labute approximate surface area is 157 Å². The minimum absolute atomic E-state index is 0.0691. The molecule has 0 amide bonds. The van der Waals surface area contributed by atoms with Crippen molar-refractivity contribution in [2.45, 2.75) is 32.9 Å². The maximum absolute atomic E-state index is 14.9. The maximum Gasteiger partial charge on any atom is 0.307 e. The van der Waals surface area contributed by atoms with E-state index in [2.05, 4.69) is 5.32 Å². The molecule has 1 atom stereocenters. The number of nitrogens with one attached hydrogen (secondary N) is 1. The second-order valence-electron chi connectivity index (χ2n) is 5.88. The Hall–Kier alpha value is -2.24. The van der Waals surface area contributed by atoms with E-state index in [0.717, 1.165) is 0 Å². The van der Waals surface area contributed by atoms with E-state index >= 15 is 0 Å². The standard InChI is InChI=1S/C20H21ClFNO3/c1-3-26-17(24)11-13(2)23-12-15-9-10-16(21)18(19(15)22)20(25)14-7-5-4-6-8-14/h4-10,13,23H,3,11-12H2,1-2H3/t13-/m0/s1. The van der Waals surface area contributed by atoms with E-state index in [1.165, 1.54) is 12.1 Å². The second-order valence-corrected chi connectivity index (χ2v) is 6.29. The fraction of sp³-hybridized carbons (Fsp3) is 0.300. The Balaban J connectivity index is 2.14. The topological polar surface area (TPSA) is 55.4 Å². The van der Waals surface area contributed by atoms with Gasteiger partial charge in [-0.25, -0.2) is 4.39 Å². The van der Waals surface area contributed by atoms with Gasteiger partial charge in [-0.2, -0.15) is 0 Å². The first-order valence-corrected chi connectivity index (χ1v) is 8.77. The van der Waals surface area contributed by atoms with Gasteiger partial charge in [0, 0.05) is 23.7 Å². The van der Waals surface area contributed by atoms with Crippen LogP contribution in [-0.2, 0) is 16.1 Å². The van der Waals surface area contributed by atoms with E-state index in [1.807, 2.05) is 0 Å². The van der Waals surface area contributed by atoms with Gasteiger partial charge >= 0.3 is 5.97 Å². The van der Waals surface area contributed by atoms with Crippen LogP contribution in [0, 0.1) is 5.82 Å². The largest absolute Gasteiger partial charge is 0.466 e. The van der Waals surface area contributed by atoms with Crippen LogP contribution in [0.25, 0.3) is 0 Å². The molecule has 0 aliphatic rings. The summed E-state index contributed by atoms with van der Waals surface area (Å²) in [6, 6.07) is 11.3. The van der Waals surface area contributed by atoms with Crippen LogP contribution in [0.5, 0.6) is 0 Å². The molecule has 6 heteroatoms. The number of ketones is 1. The molecule has 0 radical (unpaired) electrons. The fourth-order valence-corrected chi connectivity index (χ4v) is 2.73. The average molecular weight is 378 g/mol. The zero-order chi connectivity index (χ0) is 19.1. The highest BCUT2D eigenvalue weighted by Crippen LogP contribution is 2.25. The minimum atomic E-state index is -0.651. The summed E-state index contributed by atoms with van der Waals surface area (Å²) in [5.74, 6) is -1.43. The quantitative estimate of drug-likeness (QED) is 0.555. The maximum atomic E-state index is 14.9. The van der Waals surface area contributed by atoms with Crippen LogP contribution in [0.1, 0.15) is 41.8 Å². The molecule has 0 aliphatic heterocycles. The van der Waals surface area contributed by atoms with Crippen molar-refractivity contribution in [3.8, 4) is 0 Å². The summed E-state index contributed by atoms with van der Waals surface area (Å²) >= 11 is 6.07. The lowest BCUT2D eigenvalue weighted by Gasteiger charge is -2.15. The highest BCUT2D eigenvalue weighted by molar-refractivity contribution is 6.35. The summed E-state index contributed by atoms with van der Waals surface area (Å²) in [5, 5.41) is 3.13. The van der Waals surface area contributed by atoms with Crippen molar-refractivity contribution < 1.29 is 18.7 Å². The Morgan fingerprint density at radius 2 is 1.88 bits per heavy atom. The van der Waals surface area contributed by atoms with E-state index in [0.29, 0.717) is 17.7 Å². The van der Waals surface area contributed by atoms with Crippen molar-refractivity contribution >= 4 is 23.4 Å². The van der Waals surface area contributed by atoms with Crippen LogP contribution < -0.4 is 5.32 Å². The number of rotatable bonds is 8. The molecule has 0 saturated carbocycles. The van der Waals surface area contributed by atoms with Gasteiger partial charge in [0.15, 0.2) is 5.78 Å². The predicted octanol–water partition coefficient (Wildman–Crippen LogP) is 4.14. The molecule has 0 bridgehead atoms. The lowest BCUT2D eigenvalue weighted by atomic mass is 10.00. The first-order chi connectivity index (χ1) is 12.4. The average Bonchev–Trinajstić information content (AvgIpc) is 2.62. The van der Waals surface area contributed by atoms with Crippen molar-refractivity contribution in [2.24, 2.45) is 0 Å². The summed E-state index contributed by atoms with van der Waals surface area (Å²) < 4.78 is 19.8. The van der Waals surface area contributed by atoms with Crippen molar-refractivity contribution in [3.05, 3.63) is 70.0 Å². The van der Waals surface area contributed by atoms with Gasteiger partial charge in [0.2, 0.25) is 0 Å². The molecule has 0 aliphatic carbocycles. The number of hydrogen-bond donors (Lipinski definition) is 1. The first kappa shape index (κ1) is 20.1. The predicted molar refractivity (Wildman–Crippen MR) is 98.8 cm³/mol. The lowest BCUT2D eigenvalue weighted by molar-refractivity contribution is -0.143. The number of carbonyl (C=O) groups is 2. The highest BCUT2D eigenvalue weighted by Gasteiger charge is 2.21. The van der Waals surface area contributed by atoms with Crippen LogP contribution in [0.15, 0.2) is 42.5 Å². The number of esters is 1. The summed E-state index contributed by atoms with van der Waals surface area (Å²) in [6.07, 6.45) is 0.179. The second kappa shape index (κ2) is 9.46. The van der Waals surface area contributed by atoms with E-state index in [-0.39, 0.29) is 35.6 Å². The number of ether oxygens (including phenoxy) is 1. The molecule has 138 valence electrons. The highest BCUT2D eigenvalue weighted by atomic mass is 35.5. The Morgan fingerprint density at radius 1 is 1.19 bits per heavy atom. The third kappa shape index (κ3) is 5.13. The molecule has 0 spiro atoms. The Morgan fingerprint density at radius 3 is 2.54 bits per heavy atom. The van der Waals surface area contributed by atoms with Crippen molar-refractivity contribution in [2.75, 3.05) is 6.61 Å². The minimum Gasteiger partial charge on any atom is -0.466 e. The molecule has 1 N–H and O–H groups in total. The summed E-state index contributed by atoms with van der Waals surface area (Å²) in [7, 11) is 0. The van der Waals surface area contributed by atoms with Gasteiger partial charge in [-0.05, 0) is 19.9 Å². The molecule has 2 aromatic rings. The zero-order valence-corrected chi connectivity index (χ0v) is 15.5. The summed E-state index contributed by atoms with van der Waals surface area (Å²) in [6.45, 7) is 4.03. The van der Waals surface area contributed by atoms with Crippen molar-refractivity contribution in [3.63, 3.8) is 0 Å². The number of benzene rings is 2. The fourth-order valence-electron chi connectivity index (χ4n) is 2.50. The smallest absolute Gasteiger partial charge is 0.307 e. The van der Waals surface area contributed by atoms with Gasteiger partial charge in [-0.15, -0.1) is 0 Å².